The van der Waals surface area contributed by atoms with E-state index in [1.54, 1.807) is 43.5 Å². The molecule has 1 heterocycles. The van der Waals surface area contributed by atoms with Crippen LogP contribution in [0.3, 0.4) is 0 Å². The number of rotatable bonds is 4. The quantitative estimate of drug-likeness (QED) is 0.652. The molecule has 30 heavy (non-hydrogen) atoms. The molecule has 0 fully saturated rings. The third kappa shape index (κ3) is 2.93. The number of benzene rings is 3. The third-order valence-electron chi connectivity index (χ3n) is 4.93. The number of hydrogen-bond acceptors (Lipinski definition) is 8. The smallest absolute Gasteiger partial charge is 0.342 e. The largest absolute Gasteiger partial charge is 0.506 e. The number of methoxy groups -OCH3 is 3. The van der Waals surface area contributed by atoms with E-state index in [-0.39, 0.29) is 17.9 Å². The third-order valence-corrected chi connectivity index (χ3v) is 4.93. The maximum absolute atomic E-state index is 12.8. The topological polar surface area (TPSA) is 101 Å². The van der Waals surface area contributed by atoms with Crippen molar-refractivity contribution >= 4 is 22.7 Å². The average Bonchev–Trinajstić information content (AvgIpc) is 3.24. The molecule has 0 spiro atoms. The van der Waals surface area contributed by atoms with E-state index in [1.807, 2.05) is 0 Å². The number of ether oxygens (including phenoxy) is 5. The second-order valence-electron chi connectivity index (χ2n) is 6.44. The van der Waals surface area contributed by atoms with E-state index in [0.29, 0.717) is 39.1 Å². The van der Waals surface area contributed by atoms with Crippen LogP contribution in [-0.2, 0) is 9.47 Å². The molecule has 1 aliphatic rings. The van der Waals surface area contributed by atoms with Gasteiger partial charge in [-0.25, -0.2) is 9.59 Å². The highest BCUT2D eigenvalue weighted by atomic mass is 16.7. The zero-order chi connectivity index (χ0) is 21.4. The second-order valence-corrected chi connectivity index (χ2v) is 6.44. The fraction of sp³-hybridized carbons (Fsp3) is 0.182. The van der Waals surface area contributed by atoms with E-state index in [9.17, 15) is 14.7 Å². The average molecular weight is 410 g/mol. The van der Waals surface area contributed by atoms with Gasteiger partial charge in [0, 0.05) is 10.9 Å². The Balaban J connectivity index is 2.18. The molecule has 3 aromatic carbocycles. The first-order valence-electron chi connectivity index (χ1n) is 8.93. The first-order valence-corrected chi connectivity index (χ1v) is 8.93. The molecule has 0 aliphatic carbocycles. The Hall–Kier alpha value is -3.94. The van der Waals surface area contributed by atoms with E-state index >= 15 is 0 Å². The lowest BCUT2D eigenvalue weighted by molar-refractivity contribution is 0.0553. The predicted molar refractivity (Wildman–Crippen MR) is 106 cm³/mol. The molecule has 154 valence electrons. The lowest BCUT2D eigenvalue weighted by Crippen LogP contribution is -2.14. The van der Waals surface area contributed by atoms with E-state index < -0.39 is 17.7 Å². The second kappa shape index (κ2) is 7.47. The molecular formula is C22H18O8. The number of carbonyl (C=O) groups excluding carboxylic acids is 2. The standard InChI is InChI=1S/C22H18O8/c1-26-12-6-4-11(5-7-12)17-13-8-15-16(30-10-29-15)9-14(13)20(23)19(22(25)28-3)18(17)21(24)27-2/h4-9,23H,10H2,1-3H3. The summed E-state index contributed by atoms with van der Waals surface area (Å²) in [5.74, 6) is -0.586. The van der Waals surface area contributed by atoms with E-state index in [2.05, 4.69) is 0 Å². The summed E-state index contributed by atoms with van der Waals surface area (Å²) >= 11 is 0. The van der Waals surface area contributed by atoms with Crippen LogP contribution >= 0.6 is 0 Å². The molecule has 0 radical (unpaired) electrons. The number of esters is 2. The Morgan fingerprint density at radius 3 is 2.00 bits per heavy atom. The number of hydrogen-bond donors (Lipinski definition) is 1. The molecule has 8 heteroatoms. The lowest BCUT2D eigenvalue weighted by Gasteiger charge is -2.18. The van der Waals surface area contributed by atoms with Crippen LogP contribution < -0.4 is 14.2 Å². The minimum absolute atomic E-state index is 0.0258. The van der Waals surface area contributed by atoms with Crippen LogP contribution in [0.1, 0.15) is 20.7 Å². The van der Waals surface area contributed by atoms with Crippen molar-refractivity contribution in [3.05, 3.63) is 47.5 Å². The Morgan fingerprint density at radius 1 is 0.867 bits per heavy atom. The van der Waals surface area contributed by atoms with Crippen LogP contribution in [0.4, 0.5) is 0 Å². The van der Waals surface area contributed by atoms with Crippen LogP contribution in [0.25, 0.3) is 21.9 Å². The molecule has 4 rings (SSSR count). The van der Waals surface area contributed by atoms with E-state index in [4.69, 9.17) is 23.7 Å². The monoisotopic (exact) mass is 410 g/mol. The van der Waals surface area contributed by atoms with Crippen molar-refractivity contribution in [1.29, 1.82) is 0 Å². The summed E-state index contributed by atoms with van der Waals surface area (Å²) in [4.78, 5) is 25.4. The summed E-state index contributed by atoms with van der Waals surface area (Å²) in [6.07, 6.45) is 0. The van der Waals surface area contributed by atoms with Gasteiger partial charge in [0.1, 0.15) is 17.1 Å². The minimum atomic E-state index is -0.873. The Bertz CT molecular complexity index is 1160. The van der Waals surface area contributed by atoms with Crippen LogP contribution in [0.5, 0.6) is 23.0 Å². The highest BCUT2D eigenvalue weighted by molar-refractivity contribution is 6.18. The van der Waals surface area contributed by atoms with E-state index in [1.165, 1.54) is 14.2 Å². The number of phenols is 1. The molecule has 0 saturated carbocycles. The van der Waals surface area contributed by atoms with Crippen molar-refractivity contribution in [3.63, 3.8) is 0 Å². The minimum Gasteiger partial charge on any atom is -0.506 e. The Labute approximate surface area is 171 Å². The normalized spacial score (nSPS) is 12.0. The first kappa shape index (κ1) is 19.4. The van der Waals surface area contributed by atoms with Gasteiger partial charge >= 0.3 is 11.9 Å². The van der Waals surface area contributed by atoms with Gasteiger partial charge < -0.3 is 28.8 Å². The molecule has 1 aliphatic heterocycles. The van der Waals surface area contributed by atoms with Crippen molar-refractivity contribution in [2.75, 3.05) is 28.1 Å². The summed E-state index contributed by atoms with van der Waals surface area (Å²) in [5, 5.41) is 11.7. The van der Waals surface area contributed by atoms with Crippen molar-refractivity contribution < 1.29 is 38.4 Å². The van der Waals surface area contributed by atoms with Gasteiger partial charge in [-0.2, -0.15) is 0 Å². The highest BCUT2D eigenvalue weighted by Gasteiger charge is 2.31. The lowest BCUT2D eigenvalue weighted by atomic mass is 9.88. The van der Waals surface area contributed by atoms with Gasteiger partial charge in [-0.05, 0) is 35.2 Å². The first-order chi connectivity index (χ1) is 14.5. The molecule has 0 amide bonds. The van der Waals surface area contributed by atoms with Crippen molar-refractivity contribution in [2.24, 2.45) is 0 Å². The molecule has 0 bridgehead atoms. The zero-order valence-corrected chi connectivity index (χ0v) is 16.5. The van der Waals surface area contributed by atoms with Crippen molar-refractivity contribution in [3.8, 4) is 34.1 Å². The fourth-order valence-electron chi connectivity index (χ4n) is 3.52. The van der Waals surface area contributed by atoms with Crippen LogP contribution in [0.2, 0.25) is 0 Å². The van der Waals surface area contributed by atoms with Crippen molar-refractivity contribution in [1.82, 2.24) is 0 Å². The number of carbonyl (C=O) groups is 2. The van der Waals surface area contributed by atoms with Gasteiger partial charge in [0.25, 0.3) is 0 Å². The molecule has 0 aromatic heterocycles. The molecule has 0 atom stereocenters. The molecule has 0 saturated heterocycles. The molecule has 1 N–H and O–H groups in total. The Kier molecular flexibility index (Phi) is 4.83. The number of aromatic hydroxyl groups is 1. The van der Waals surface area contributed by atoms with Gasteiger partial charge in [0.05, 0.1) is 26.9 Å². The Morgan fingerprint density at radius 2 is 1.43 bits per heavy atom. The fourth-order valence-corrected chi connectivity index (χ4v) is 3.52. The summed E-state index contributed by atoms with van der Waals surface area (Å²) in [5.41, 5.74) is 0.584. The van der Waals surface area contributed by atoms with Crippen LogP contribution in [0.15, 0.2) is 36.4 Å². The summed E-state index contributed by atoms with van der Waals surface area (Å²) < 4.78 is 25.9. The van der Waals surface area contributed by atoms with Crippen LogP contribution in [-0.4, -0.2) is 45.2 Å². The maximum Gasteiger partial charge on any atom is 0.342 e. The summed E-state index contributed by atoms with van der Waals surface area (Å²) in [6.45, 7) is 0.0258. The zero-order valence-electron chi connectivity index (χ0n) is 16.5. The number of fused-ring (bicyclic) bond motifs is 2. The number of phenolic OH excluding ortho intramolecular Hbond substituents is 1. The van der Waals surface area contributed by atoms with Gasteiger partial charge in [-0.15, -0.1) is 0 Å². The SMILES string of the molecule is COC(=O)c1c(C(=O)OC)c(-c2ccc(OC)cc2)c2cc3c(cc2c1O)OCO3. The molecular weight excluding hydrogens is 392 g/mol. The predicted octanol–water partition coefficient (Wildman–Crippen LogP) is 3.52. The molecule has 8 nitrogen and oxygen atoms in total. The van der Waals surface area contributed by atoms with Crippen LogP contribution in [0, 0.1) is 0 Å². The highest BCUT2D eigenvalue weighted by Crippen LogP contribution is 2.47. The van der Waals surface area contributed by atoms with Crippen molar-refractivity contribution in [2.45, 2.75) is 0 Å². The van der Waals surface area contributed by atoms with Gasteiger partial charge in [-0.1, -0.05) is 12.1 Å². The maximum atomic E-state index is 12.8. The van der Waals surface area contributed by atoms with Gasteiger partial charge in [0.15, 0.2) is 11.5 Å². The molecule has 3 aromatic rings. The van der Waals surface area contributed by atoms with E-state index in [0.717, 1.165) is 0 Å². The summed E-state index contributed by atoms with van der Waals surface area (Å²) in [7, 11) is 3.91. The molecule has 0 unspecified atom stereocenters. The summed E-state index contributed by atoms with van der Waals surface area (Å²) in [6, 6.07) is 10.1. The van der Waals surface area contributed by atoms with Gasteiger partial charge in [-0.3, -0.25) is 0 Å². The van der Waals surface area contributed by atoms with Gasteiger partial charge in [0.2, 0.25) is 6.79 Å².